The first kappa shape index (κ1) is 18.0. The van der Waals surface area contributed by atoms with Gasteiger partial charge in [0, 0.05) is 30.3 Å². The molecule has 27 heavy (non-hydrogen) atoms. The van der Waals surface area contributed by atoms with Crippen LogP contribution in [0, 0.1) is 6.92 Å². The lowest BCUT2D eigenvalue weighted by atomic mass is 9.82. The first-order valence-electron chi connectivity index (χ1n) is 9.86. The Balaban J connectivity index is 1.59. The number of aryl methyl sites for hydroxylation is 1. The Morgan fingerprint density at radius 2 is 1.93 bits per heavy atom. The number of hydrogen-bond acceptors (Lipinski definition) is 3. The summed E-state index contributed by atoms with van der Waals surface area (Å²) in [5.74, 6) is 0.746. The first-order valence-corrected chi connectivity index (χ1v) is 9.86. The molecule has 0 unspecified atom stereocenters. The second-order valence-electron chi connectivity index (χ2n) is 8.70. The maximum absolute atomic E-state index is 13.1. The quantitative estimate of drug-likeness (QED) is 0.793. The van der Waals surface area contributed by atoms with Gasteiger partial charge < -0.3 is 9.64 Å². The third-order valence-corrected chi connectivity index (χ3v) is 5.82. The van der Waals surface area contributed by atoms with Gasteiger partial charge >= 0.3 is 0 Å². The van der Waals surface area contributed by atoms with Crippen molar-refractivity contribution in [1.29, 1.82) is 0 Å². The number of benzene rings is 1. The zero-order valence-electron chi connectivity index (χ0n) is 16.7. The molecular formula is C23H28N2O2. The fraction of sp³-hybridized carbons (Fsp3) is 0.478. The molecular weight excluding hydrogens is 336 g/mol. The summed E-state index contributed by atoms with van der Waals surface area (Å²) in [6, 6.07) is 10.4. The molecule has 1 fully saturated rings. The van der Waals surface area contributed by atoms with Crippen LogP contribution in [-0.2, 0) is 12.0 Å². The summed E-state index contributed by atoms with van der Waals surface area (Å²) >= 11 is 0. The molecule has 2 aromatic rings. The number of rotatable bonds is 4. The second kappa shape index (κ2) is 6.36. The SMILES string of the molecule is CCN(Cc1ccc(C)cc1)C(=O)c1cnc2c(c1)C1(CC1)CC(C)(C)O2. The van der Waals surface area contributed by atoms with Crippen LogP contribution < -0.4 is 4.74 Å². The van der Waals surface area contributed by atoms with E-state index in [1.54, 1.807) is 6.20 Å². The highest BCUT2D eigenvalue weighted by Gasteiger charge is 2.53. The van der Waals surface area contributed by atoms with Gasteiger partial charge in [-0.25, -0.2) is 4.98 Å². The van der Waals surface area contributed by atoms with E-state index in [0.717, 1.165) is 30.4 Å². The van der Waals surface area contributed by atoms with E-state index in [1.807, 2.05) is 17.9 Å². The molecule has 4 heteroatoms. The van der Waals surface area contributed by atoms with E-state index < -0.39 is 0 Å². The predicted octanol–water partition coefficient (Wildman–Crippen LogP) is 4.65. The Bertz CT molecular complexity index is 866. The zero-order valence-corrected chi connectivity index (χ0v) is 16.7. The van der Waals surface area contributed by atoms with Crippen molar-refractivity contribution in [3.8, 4) is 5.88 Å². The molecule has 1 aliphatic heterocycles. The van der Waals surface area contributed by atoms with Crippen LogP contribution in [0.4, 0.5) is 0 Å². The van der Waals surface area contributed by atoms with E-state index in [1.165, 1.54) is 5.56 Å². The molecule has 2 aliphatic rings. The molecule has 1 aromatic carbocycles. The zero-order chi connectivity index (χ0) is 19.2. The van der Waals surface area contributed by atoms with E-state index >= 15 is 0 Å². The predicted molar refractivity (Wildman–Crippen MR) is 106 cm³/mol. The number of hydrogen-bond donors (Lipinski definition) is 0. The van der Waals surface area contributed by atoms with Crippen LogP contribution in [0.1, 0.15) is 67.1 Å². The van der Waals surface area contributed by atoms with Crippen molar-refractivity contribution in [2.75, 3.05) is 6.54 Å². The largest absolute Gasteiger partial charge is 0.471 e. The smallest absolute Gasteiger partial charge is 0.255 e. The molecule has 0 bridgehead atoms. The summed E-state index contributed by atoms with van der Waals surface area (Å²) < 4.78 is 6.09. The van der Waals surface area contributed by atoms with Gasteiger partial charge in [-0.3, -0.25) is 4.79 Å². The Morgan fingerprint density at radius 3 is 2.56 bits per heavy atom. The summed E-state index contributed by atoms with van der Waals surface area (Å²) in [5.41, 5.74) is 4.13. The Hall–Kier alpha value is -2.36. The molecule has 0 N–H and O–H groups in total. The van der Waals surface area contributed by atoms with Crippen LogP contribution in [0.5, 0.6) is 5.88 Å². The van der Waals surface area contributed by atoms with E-state index in [-0.39, 0.29) is 16.9 Å². The number of fused-ring (bicyclic) bond motifs is 2. The normalized spacial score (nSPS) is 18.5. The molecule has 142 valence electrons. The van der Waals surface area contributed by atoms with Gasteiger partial charge in [0.2, 0.25) is 5.88 Å². The fourth-order valence-electron chi connectivity index (χ4n) is 4.26. The lowest BCUT2D eigenvalue weighted by molar-refractivity contribution is 0.0606. The monoisotopic (exact) mass is 364 g/mol. The summed E-state index contributed by atoms with van der Waals surface area (Å²) in [7, 11) is 0. The lowest BCUT2D eigenvalue weighted by Crippen LogP contribution is -2.39. The average molecular weight is 364 g/mol. The highest BCUT2D eigenvalue weighted by molar-refractivity contribution is 5.94. The topological polar surface area (TPSA) is 42.4 Å². The van der Waals surface area contributed by atoms with Crippen LogP contribution in [0.2, 0.25) is 0 Å². The lowest BCUT2D eigenvalue weighted by Gasteiger charge is -2.37. The third-order valence-electron chi connectivity index (χ3n) is 5.82. The van der Waals surface area contributed by atoms with Gasteiger partial charge in [0.25, 0.3) is 5.91 Å². The summed E-state index contributed by atoms with van der Waals surface area (Å²) in [6.07, 6.45) is 4.99. The molecule has 1 aliphatic carbocycles. The second-order valence-corrected chi connectivity index (χ2v) is 8.70. The van der Waals surface area contributed by atoms with E-state index in [9.17, 15) is 4.79 Å². The molecule has 1 aromatic heterocycles. The minimum absolute atomic E-state index is 0.0361. The number of aromatic nitrogens is 1. The van der Waals surface area contributed by atoms with Gasteiger partial charge in [-0.15, -0.1) is 0 Å². The molecule has 2 heterocycles. The maximum Gasteiger partial charge on any atom is 0.255 e. The number of carbonyl (C=O) groups is 1. The van der Waals surface area contributed by atoms with E-state index in [2.05, 4.69) is 50.0 Å². The van der Waals surface area contributed by atoms with Gasteiger partial charge in [-0.1, -0.05) is 29.8 Å². The summed E-state index contributed by atoms with van der Waals surface area (Å²) in [6.45, 7) is 9.61. The summed E-state index contributed by atoms with van der Waals surface area (Å²) in [5, 5.41) is 0. The van der Waals surface area contributed by atoms with Crippen molar-refractivity contribution in [1.82, 2.24) is 9.88 Å². The van der Waals surface area contributed by atoms with Gasteiger partial charge in [-0.2, -0.15) is 0 Å². The van der Waals surface area contributed by atoms with E-state index in [4.69, 9.17) is 4.74 Å². The number of ether oxygens (including phenoxy) is 1. The molecule has 4 rings (SSSR count). The first-order chi connectivity index (χ1) is 12.8. The van der Waals surface area contributed by atoms with Gasteiger partial charge in [-0.05, 0) is 58.6 Å². The molecule has 0 atom stereocenters. The van der Waals surface area contributed by atoms with Crippen molar-refractivity contribution < 1.29 is 9.53 Å². The number of nitrogens with zero attached hydrogens (tertiary/aromatic N) is 2. The maximum atomic E-state index is 13.1. The van der Waals surface area contributed by atoms with E-state index in [0.29, 0.717) is 24.5 Å². The third kappa shape index (κ3) is 3.45. The van der Waals surface area contributed by atoms with Gasteiger partial charge in [0.1, 0.15) is 5.60 Å². The van der Waals surface area contributed by atoms with Crippen LogP contribution >= 0.6 is 0 Å². The Kier molecular flexibility index (Phi) is 4.25. The van der Waals surface area contributed by atoms with Crippen molar-refractivity contribution >= 4 is 5.91 Å². The fourth-order valence-corrected chi connectivity index (χ4v) is 4.26. The van der Waals surface area contributed by atoms with Crippen molar-refractivity contribution in [2.45, 2.75) is 64.5 Å². The Labute approximate surface area is 161 Å². The van der Waals surface area contributed by atoms with Crippen molar-refractivity contribution in [2.24, 2.45) is 0 Å². The van der Waals surface area contributed by atoms with Crippen LogP contribution in [0.3, 0.4) is 0 Å². The molecule has 4 nitrogen and oxygen atoms in total. The number of carbonyl (C=O) groups excluding carboxylic acids is 1. The Morgan fingerprint density at radius 1 is 1.22 bits per heavy atom. The number of pyridine rings is 1. The summed E-state index contributed by atoms with van der Waals surface area (Å²) in [4.78, 5) is 19.6. The minimum atomic E-state index is -0.192. The van der Waals surface area contributed by atoms with Crippen molar-refractivity contribution in [3.63, 3.8) is 0 Å². The molecule has 0 saturated heterocycles. The highest BCUT2D eigenvalue weighted by atomic mass is 16.5. The average Bonchev–Trinajstić information content (AvgIpc) is 3.39. The molecule has 1 saturated carbocycles. The van der Waals surface area contributed by atoms with Crippen LogP contribution in [-0.4, -0.2) is 27.9 Å². The molecule has 0 radical (unpaired) electrons. The van der Waals surface area contributed by atoms with Crippen LogP contribution in [0.25, 0.3) is 0 Å². The van der Waals surface area contributed by atoms with Crippen molar-refractivity contribution in [3.05, 3.63) is 58.8 Å². The van der Waals surface area contributed by atoms with Gasteiger partial charge in [0.15, 0.2) is 0 Å². The number of amides is 1. The standard InChI is InChI=1S/C23H28N2O2/c1-5-25(14-17-8-6-16(2)7-9-17)21(26)18-12-19-20(24-13-18)27-22(3,4)15-23(19)10-11-23/h6-9,12-13H,5,10-11,14-15H2,1-4H3. The van der Waals surface area contributed by atoms with Gasteiger partial charge in [0.05, 0.1) is 5.56 Å². The molecule has 1 amide bonds. The minimum Gasteiger partial charge on any atom is -0.471 e. The molecule has 1 spiro atoms. The highest BCUT2D eigenvalue weighted by Crippen LogP contribution is 2.58. The van der Waals surface area contributed by atoms with Crippen LogP contribution in [0.15, 0.2) is 36.5 Å².